The molecule has 0 fully saturated rings. The first-order valence-corrected chi connectivity index (χ1v) is 15.6. The Balaban J connectivity index is 1.21. The van der Waals surface area contributed by atoms with Crippen LogP contribution in [0.4, 0.5) is 17.1 Å². The predicted molar refractivity (Wildman–Crippen MR) is 193 cm³/mol. The van der Waals surface area contributed by atoms with E-state index in [1.165, 1.54) is 33.4 Å². The number of benzene rings is 7. The van der Waals surface area contributed by atoms with Gasteiger partial charge >= 0.3 is 0 Å². The average Bonchev–Trinajstić information content (AvgIpc) is 3.58. The standard InChI is InChI=1S/C44H31NO/c1-3-12-32(13-4-1)33-22-26-38(27-23-33)45(40-18-11-17-36(30-40)44-31-37-16-7-10-21-43(37)46-44)39-28-24-35(25-29-39)42-20-9-8-19-41(42)34-14-5-2-6-15-34/h1-31H. The third-order valence-corrected chi connectivity index (χ3v) is 8.50. The molecule has 2 heteroatoms. The summed E-state index contributed by atoms with van der Waals surface area (Å²) in [5, 5.41) is 1.10. The van der Waals surface area contributed by atoms with Gasteiger partial charge in [-0.2, -0.15) is 0 Å². The summed E-state index contributed by atoms with van der Waals surface area (Å²) in [6.45, 7) is 0. The van der Waals surface area contributed by atoms with E-state index >= 15 is 0 Å². The van der Waals surface area contributed by atoms with Crippen molar-refractivity contribution in [3.8, 4) is 44.7 Å². The highest BCUT2D eigenvalue weighted by atomic mass is 16.3. The van der Waals surface area contributed by atoms with Crippen LogP contribution in [-0.2, 0) is 0 Å². The average molecular weight is 590 g/mol. The van der Waals surface area contributed by atoms with Gasteiger partial charge in [0.05, 0.1) is 0 Å². The van der Waals surface area contributed by atoms with Crippen molar-refractivity contribution in [3.05, 3.63) is 188 Å². The van der Waals surface area contributed by atoms with Crippen LogP contribution >= 0.6 is 0 Å². The molecule has 0 saturated carbocycles. The van der Waals surface area contributed by atoms with Gasteiger partial charge in [0.1, 0.15) is 11.3 Å². The van der Waals surface area contributed by atoms with Crippen LogP contribution in [0.3, 0.4) is 0 Å². The van der Waals surface area contributed by atoms with Crippen molar-refractivity contribution >= 4 is 28.0 Å². The summed E-state index contributed by atoms with van der Waals surface area (Å²) in [5.41, 5.74) is 12.4. The van der Waals surface area contributed by atoms with Crippen LogP contribution in [0.2, 0.25) is 0 Å². The number of para-hydroxylation sites is 1. The highest BCUT2D eigenvalue weighted by Crippen LogP contribution is 2.40. The second-order valence-corrected chi connectivity index (χ2v) is 11.4. The van der Waals surface area contributed by atoms with Gasteiger partial charge in [0.2, 0.25) is 0 Å². The Morgan fingerprint density at radius 3 is 1.48 bits per heavy atom. The maximum Gasteiger partial charge on any atom is 0.135 e. The Morgan fingerprint density at radius 2 is 0.826 bits per heavy atom. The number of hydrogen-bond acceptors (Lipinski definition) is 2. The zero-order valence-electron chi connectivity index (χ0n) is 25.3. The molecule has 0 N–H and O–H groups in total. The molecule has 0 spiro atoms. The highest BCUT2D eigenvalue weighted by molar-refractivity contribution is 5.87. The number of hydrogen-bond donors (Lipinski definition) is 0. The van der Waals surface area contributed by atoms with Crippen molar-refractivity contribution < 1.29 is 4.42 Å². The van der Waals surface area contributed by atoms with E-state index in [-0.39, 0.29) is 0 Å². The van der Waals surface area contributed by atoms with Gasteiger partial charge in [0.15, 0.2) is 0 Å². The minimum absolute atomic E-state index is 0.857. The third-order valence-electron chi connectivity index (χ3n) is 8.50. The molecule has 0 amide bonds. The number of furan rings is 1. The number of fused-ring (bicyclic) bond motifs is 1. The van der Waals surface area contributed by atoms with Gasteiger partial charge in [-0.3, -0.25) is 0 Å². The molecular weight excluding hydrogens is 558 g/mol. The van der Waals surface area contributed by atoms with E-state index in [2.05, 4.69) is 175 Å². The van der Waals surface area contributed by atoms with Gasteiger partial charge < -0.3 is 9.32 Å². The Hall–Kier alpha value is -6.12. The molecular formula is C44H31NO. The molecule has 0 atom stereocenters. The molecule has 0 saturated heterocycles. The molecule has 0 aliphatic rings. The summed E-state index contributed by atoms with van der Waals surface area (Å²) in [6.07, 6.45) is 0. The molecule has 218 valence electrons. The lowest BCUT2D eigenvalue weighted by Crippen LogP contribution is -2.10. The first-order chi connectivity index (χ1) is 22.8. The van der Waals surface area contributed by atoms with Crippen LogP contribution in [0.15, 0.2) is 192 Å². The minimum Gasteiger partial charge on any atom is -0.456 e. The van der Waals surface area contributed by atoms with Crippen LogP contribution in [0, 0.1) is 0 Å². The molecule has 0 aliphatic heterocycles. The summed E-state index contributed by atoms with van der Waals surface area (Å²) < 4.78 is 6.26. The molecule has 0 bridgehead atoms. The topological polar surface area (TPSA) is 16.4 Å². The van der Waals surface area contributed by atoms with Gasteiger partial charge in [0.25, 0.3) is 0 Å². The third kappa shape index (κ3) is 5.38. The van der Waals surface area contributed by atoms with Crippen LogP contribution in [0.1, 0.15) is 0 Å². The molecule has 1 aromatic heterocycles. The Morgan fingerprint density at radius 1 is 0.326 bits per heavy atom. The zero-order valence-corrected chi connectivity index (χ0v) is 25.3. The van der Waals surface area contributed by atoms with Crippen molar-refractivity contribution in [2.24, 2.45) is 0 Å². The van der Waals surface area contributed by atoms with E-state index in [1.807, 2.05) is 18.2 Å². The SMILES string of the molecule is c1ccc(-c2ccc(N(c3ccc(-c4ccccc4-c4ccccc4)cc3)c3cccc(-c4cc5ccccc5o4)c3)cc2)cc1. The number of anilines is 3. The van der Waals surface area contributed by atoms with E-state index in [4.69, 9.17) is 4.42 Å². The summed E-state index contributed by atoms with van der Waals surface area (Å²) in [4.78, 5) is 2.31. The fraction of sp³-hybridized carbons (Fsp3) is 0. The van der Waals surface area contributed by atoms with Crippen molar-refractivity contribution in [1.29, 1.82) is 0 Å². The van der Waals surface area contributed by atoms with E-state index in [0.717, 1.165) is 39.4 Å². The zero-order chi connectivity index (χ0) is 30.7. The second kappa shape index (κ2) is 12.1. The van der Waals surface area contributed by atoms with Gasteiger partial charge in [-0.05, 0) is 81.9 Å². The normalized spacial score (nSPS) is 11.0. The molecule has 2 nitrogen and oxygen atoms in total. The second-order valence-electron chi connectivity index (χ2n) is 11.4. The summed E-state index contributed by atoms with van der Waals surface area (Å²) >= 11 is 0. The number of nitrogens with zero attached hydrogens (tertiary/aromatic N) is 1. The molecule has 46 heavy (non-hydrogen) atoms. The van der Waals surface area contributed by atoms with Crippen LogP contribution in [0.5, 0.6) is 0 Å². The van der Waals surface area contributed by atoms with Crippen molar-refractivity contribution in [2.45, 2.75) is 0 Å². The van der Waals surface area contributed by atoms with E-state index < -0.39 is 0 Å². The minimum atomic E-state index is 0.857. The van der Waals surface area contributed by atoms with Crippen LogP contribution < -0.4 is 4.90 Å². The quantitative estimate of drug-likeness (QED) is 0.184. The van der Waals surface area contributed by atoms with Crippen molar-refractivity contribution in [1.82, 2.24) is 0 Å². The molecule has 8 rings (SSSR count). The van der Waals surface area contributed by atoms with Gasteiger partial charge in [-0.25, -0.2) is 0 Å². The Kier molecular flexibility index (Phi) is 7.22. The van der Waals surface area contributed by atoms with E-state index in [9.17, 15) is 0 Å². The van der Waals surface area contributed by atoms with Crippen molar-refractivity contribution in [3.63, 3.8) is 0 Å². The lowest BCUT2D eigenvalue weighted by atomic mass is 9.94. The number of rotatable bonds is 7. The smallest absolute Gasteiger partial charge is 0.135 e. The molecule has 0 radical (unpaired) electrons. The van der Waals surface area contributed by atoms with Crippen LogP contribution in [-0.4, -0.2) is 0 Å². The van der Waals surface area contributed by atoms with Crippen molar-refractivity contribution in [2.75, 3.05) is 4.90 Å². The highest BCUT2D eigenvalue weighted by Gasteiger charge is 2.16. The monoisotopic (exact) mass is 589 g/mol. The van der Waals surface area contributed by atoms with Crippen LogP contribution in [0.25, 0.3) is 55.7 Å². The Labute approximate surface area is 269 Å². The first-order valence-electron chi connectivity index (χ1n) is 15.6. The van der Waals surface area contributed by atoms with Gasteiger partial charge in [0, 0.05) is 28.0 Å². The lowest BCUT2D eigenvalue weighted by molar-refractivity contribution is 0.631. The Bertz CT molecular complexity index is 2200. The van der Waals surface area contributed by atoms with E-state index in [1.54, 1.807) is 0 Å². The lowest BCUT2D eigenvalue weighted by Gasteiger charge is -2.26. The van der Waals surface area contributed by atoms with Gasteiger partial charge in [-0.1, -0.05) is 140 Å². The first kappa shape index (κ1) is 27.4. The largest absolute Gasteiger partial charge is 0.456 e. The maximum atomic E-state index is 6.26. The fourth-order valence-corrected chi connectivity index (χ4v) is 6.20. The summed E-state index contributed by atoms with van der Waals surface area (Å²) in [5.74, 6) is 0.857. The summed E-state index contributed by atoms with van der Waals surface area (Å²) in [6, 6.07) is 66.3. The molecule has 7 aromatic carbocycles. The predicted octanol–water partition coefficient (Wildman–Crippen LogP) is 12.6. The molecule has 0 aliphatic carbocycles. The molecule has 0 unspecified atom stereocenters. The summed E-state index contributed by atoms with van der Waals surface area (Å²) in [7, 11) is 0. The molecule has 8 aromatic rings. The van der Waals surface area contributed by atoms with E-state index in [0.29, 0.717) is 0 Å². The molecule has 1 heterocycles. The van der Waals surface area contributed by atoms with Gasteiger partial charge in [-0.15, -0.1) is 0 Å². The maximum absolute atomic E-state index is 6.26. The fourth-order valence-electron chi connectivity index (χ4n) is 6.20.